The van der Waals surface area contributed by atoms with Crippen LogP contribution >= 0.6 is 0 Å². The first-order chi connectivity index (χ1) is 8.29. The highest BCUT2D eigenvalue weighted by Gasteiger charge is 2.05. The van der Waals surface area contributed by atoms with Crippen LogP contribution in [0.5, 0.6) is 0 Å². The number of benzene rings is 1. The zero-order chi connectivity index (χ0) is 12.1. The van der Waals surface area contributed by atoms with Crippen LogP contribution in [0.1, 0.15) is 5.56 Å². The van der Waals surface area contributed by atoms with Gasteiger partial charge in [-0.15, -0.1) is 0 Å². The van der Waals surface area contributed by atoms with Crippen molar-refractivity contribution >= 4 is 11.6 Å². The summed E-state index contributed by atoms with van der Waals surface area (Å²) in [5, 5.41) is 2.83. The van der Waals surface area contributed by atoms with Crippen LogP contribution in [0.3, 0.4) is 0 Å². The van der Waals surface area contributed by atoms with Crippen LogP contribution in [0.25, 0.3) is 0 Å². The molecule has 5 heteroatoms. The molecule has 0 atom stereocenters. The van der Waals surface area contributed by atoms with E-state index in [9.17, 15) is 4.79 Å². The molecule has 0 saturated heterocycles. The average Bonchev–Trinajstić information content (AvgIpc) is 2.82. The van der Waals surface area contributed by atoms with E-state index in [0.29, 0.717) is 6.54 Å². The number of aromatic nitrogens is 2. The number of nitrogens with zero attached hydrogens (tertiary/aromatic N) is 2. The molecule has 88 valence electrons. The molecule has 5 nitrogen and oxygen atoms in total. The highest BCUT2D eigenvalue weighted by atomic mass is 16.1. The monoisotopic (exact) mass is 230 g/mol. The molecule has 1 aromatic carbocycles. The SMILES string of the molecule is NCc1ccccc1NC(=O)Cn1ccnc1. The van der Waals surface area contributed by atoms with Crippen molar-refractivity contribution in [1.29, 1.82) is 0 Å². The van der Waals surface area contributed by atoms with Crippen LogP contribution in [-0.4, -0.2) is 15.5 Å². The quantitative estimate of drug-likeness (QED) is 0.822. The minimum atomic E-state index is -0.0936. The van der Waals surface area contributed by atoms with Crippen LogP contribution in [0.4, 0.5) is 5.69 Å². The van der Waals surface area contributed by atoms with Gasteiger partial charge in [0.1, 0.15) is 6.54 Å². The van der Waals surface area contributed by atoms with E-state index in [-0.39, 0.29) is 12.5 Å². The van der Waals surface area contributed by atoms with Crippen molar-refractivity contribution in [1.82, 2.24) is 9.55 Å². The number of imidazole rings is 1. The third-order valence-corrected chi connectivity index (χ3v) is 2.40. The normalized spacial score (nSPS) is 10.2. The van der Waals surface area contributed by atoms with E-state index in [1.165, 1.54) is 0 Å². The fourth-order valence-electron chi connectivity index (χ4n) is 1.56. The summed E-state index contributed by atoms with van der Waals surface area (Å²) in [6.07, 6.45) is 4.99. The Morgan fingerprint density at radius 3 is 2.94 bits per heavy atom. The van der Waals surface area contributed by atoms with Gasteiger partial charge in [-0.05, 0) is 11.6 Å². The largest absolute Gasteiger partial charge is 0.328 e. The Kier molecular flexibility index (Phi) is 3.52. The molecule has 0 saturated carbocycles. The molecular weight excluding hydrogens is 216 g/mol. The number of amides is 1. The summed E-state index contributed by atoms with van der Waals surface area (Å²) < 4.78 is 1.71. The van der Waals surface area contributed by atoms with Crippen LogP contribution in [-0.2, 0) is 17.9 Å². The Bertz CT molecular complexity index is 493. The number of nitrogens with two attached hydrogens (primary N) is 1. The number of carbonyl (C=O) groups excluding carboxylic acids is 1. The number of anilines is 1. The van der Waals surface area contributed by atoms with E-state index in [2.05, 4.69) is 10.3 Å². The minimum Gasteiger partial charge on any atom is -0.328 e. The van der Waals surface area contributed by atoms with Crippen molar-refractivity contribution in [2.45, 2.75) is 13.1 Å². The maximum atomic E-state index is 11.7. The Hall–Kier alpha value is -2.14. The van der Waals surface area contributed by atoms with Crippen LogP contribution in [0, 0.1) is 0 Å². The molecule has 2 aromatic rings. The fourth-order valence-corrected chi connectivity index (χ4v) is 1.56. The van der Waals surface area contributed by atoms with Crippen molar-refractivity contribution in [2.24, 2.45) is 5.73 Å². The number of hydrogen-bond donors (Lipinski definition) is 2. The molecule has 0 radical (unpaired) electrons. The van der Waals surface area contributed by atoms with Gasteiger partial charge < -0.3 is 15.6 Å². The Balaban J connectivity index is 2.03. The van der Waals surface area contributed by atoms with Gasteiger partial charge in [0.05, 0.1) is 6.33 Å². The van der Waals surface area contributed by atoms with Gasteiger partial charge in [-0.2, -0.15) is 0 Å². The summed E-state index contributed by atoms with van der Waals surface area (Å²) in [6.45, 7) is 0.653. The molecule has 3 N–H and O–H groups in total. The van der Waals surface area contributed by atoms with E-state index >= 15 is 0 Å². The number of para-hydroxylation sites is 1. The molecule has 0 bridgehead atoms. The van der Waals surface area contributed by atoms with Crippen LogP contribution in [0.15, 0.2) is 43.0 Å². The lowest BCUT2D eigenvalue weighted by Gasteiger charge is -2.09. The molecule has 0 aliphatic carbocycles. The van der Waals surface area contributed by atoms with Crippen LogP contribution in [0.2, 0.25) is 0 Å². The van der Waals surface area contributed by atoms with Crippen LogP contribution < -0.4 is 11.1 Å². The molecular formula is C12H14N4O. The van der Waals surface area contributed by atoms with Gasteiger partial charge in [-0.1, -0.05) is 18.2 Å². The second-order valence-corrected chi connectivity index (χ2v) is 3.64. The van der Waals surface area contributed by atoms with Crippen molar-refractivity contribution in [2.75, 3.05) is 5.32 Å². The summed E-state index contributed by atoms with van der Waals surface area (Å²) >= 11 is 0. The van der Waals surface area contributed by atoms with Gasteiger partial charge in [0.15, 0.2) is 0 Å². The van der Waals surface area contributed by atoms with E-state index in [1.807, 2.05) is 24.3 Å². The van der Waals surface area contributed by atoms with Crippen molar-refractivity contribution in [3.8, 4) is 0 Å². The second kappa shape index (κ2) is 5.27. The lowest BCUT2D eigenvalue weighted by molar-refractivity contribution is -0.116. The summed E-state index contributed by atoms with van der Waals surface area (Å²) in [6, 6.07) is 7.50. The lowest BCUT2D eigenvalue weighted by Crippen LogP contribution is -2.19. The maximum absolute atomic E-state index is 11.7. The predicted molar refractivity (Wildman–Crippen MR) is 65.2 cm³/mol. The first-order valence-corrected chi connectivity index (χ1v) is 5.33. The average molecular weight is 230 g/mol. The second-order valence-electron chi connectivity index (χ2n) is 3.64. The van der Waals surface area contributed by atoms with Gasteiger partial charge in [-0.25, -0.2) is 4.98 Å². The molecule has 1 heterocycles. The van der Waals surface area contributed by atoms with Gasteiger partial charge in [-0.3, -0.25) is 4.79 Å². The predicted octanol–water partition coefficient (Wildman–Crippen LogP) is 0.980. The molecule has 0 spiro atoms. The van der Waals surface area contributed by atoms with E-state index in [4.69, 9.17) is 5.73 Å². The summed E-state index contributed by atoms with van der Waals surface area (Å²) in [4.78, 5) is 15.6. The molecule has 17 heavy (non-hydrogen) atoms. The molecule has 0 fully saturated rings. The maximum Gasteiger partial charge on any atom is 0.244 e. The number of carbonyl (C=O) groups is 1. The van der Waals surface area contributed by atoms with Crippen molar-refractivity contribution < 1.29 is 4.79 Å². The standard InChI is InChI=1S/C12H14N4O/c13-7-10-3-1-2-4-11(10)15-12(17)8-16-6-5-14-9-16/h1-6,9H,7-8,13H2,(H,15,17). The molecule has 0 unspecified atom stereocenters. The third-order valence-electron chi connectivity index (χ3n) is 2.40. The summed E-state index contributed by atoms with van der Waals surface area (Å²) in [5.74, 6) is -0.0936. The minimum absolute atomic E-state index is 0.0936. The van der Waals surface area contributed by atoms with Gasteiger partial charge in [0.25, 0.3) is 0 Å². The molecule has 2 rings (SSSR count). The fraction of sp³-hybridized carbons (Fsp3) is 0.167. The smallest absolute Gasteiger partial charge is 0.244 e. The van der Waals surface area contributed by atoms with Crippen molar-refractivity contribution in [3.05, 3.63) is 48.5 Å². The first-order valence-electron chi connectivity index (χ1n) is 5.33. The van der Waals surface area contributed by atoms with Gasteiger partial charge >= 0.3 is 0 Å². The molecule has 1 aromatic heterocycles. The summed E-state index contributed by atoms with van der Waals surface area (Å²) in [5.41, 5.74) is 7.28. The Morgan fingerprint density at radius 1 is 1.41 bits per heavy atom. The Labute approximate surface area is 99.3 Å². The first kappa shape index (κ1) is 11.3. The third kappa shape index (κ3) is 2.92. The number of nitrogens with one attached hydrogen (secondary N) is 1. The van der Waals surface area contributed by atoms with Crippen molar-refractivity contribution in [3.63, 3.8) is 0 Å². The molecule has 0 aliphatic heterocycles. The Morgan fingerprint density at radius 2 is 2.24 bits per heavy atom. The van der Waals surface area contributed by atoms with Gasteiger partial charge in [0.2, 0.25) is 5.91 Å². The van der Waals surface area contributed by atoms with E-state index in [1.54, 1.807) is 23.3 Å². The van der Waals surface area contributed by atoms with Gasteiger partial charge in [0, 0.05) is 24.6 Å². The van der Waals surface area contributed by atoms with E-state index < -0.39 is 0 Å². The highest BCUT2D eigenvalue weighted by Crippen LogP contribution is 2.13. The van der Waals surface area contributed by atoms with E-state index in [0.717, 1.165) is 11.3 Å². The number of hydrogen-bond acceptors (Lipinski definition) is 3. The zero-order valence-electron chi connectivity index (χ0n) is 9.34. The zero-order valence-corrected chi connectivity index (χ0v) is 9.34. The highest BCUT2D eigenvalue weighted by molar-refractivity contribution is 5.91. The number of rotatable bonds is 4. The molecule has 0 aliphatic rings. The lowest BCUT2D eigenvalue weighted by atomic mass is 10.2. The molecule has 1 amide bonds. The topological polar surface area (TPSA) is 72.9 Å². The summed E-state index contributed by atoms with van der Waals surface area (Å²) in [7, 11) is 0.